The third-order valence-electron chi connectivity index (χ3n) is 1.97. The van der Waals surface area contributed by atoms with E-state index in [1.807, 2.05) is 0 Å². The molecule has 0 aromatic heterocycles. The minimum absolute atomic E-state index is 0.494. The number of thiol groups is 2. The van der Waals surface area contributed by atoms with Gasteiger partial charge >= 0.3 is 0 Å². The van der Waals surface area contributed by atoms with Crippen LogP contribution in [0.4, 0.5) is 0 Å². The highest BCUT2D eigenvalue weighted by Crippen LogP contribution is 2.14. The summed E-state index contributed by atoms with van der Waals surface area (Å²) in [5.41, 5.74) is 0. The molecule has 0 bridgehead atoms. The van der Waals surface area contributed by atoms with Gasteiger partial charge in [0.1, 0.15) is 0 Å². The zero-order valence-electron chi connectivity index (χ0n) is 7.19. The van der Waals surface area contributed by atoms with Gasteiger partial charge in [-0.2, -0.15) is 25.3 Å². The molecule has 0 aliphatic heterocycles. The van der Waals surface area contributed by atoms with E-state index in [1.165, 1.54) is 0 Å². The molecular weight excluding hydrogens is 184 g/mol. The highest BCUT2D eigenvalue weighted by atomic mass is 32.1. The van der Waals surface area contributed by atoms with Gasteiger partial charge in [0, 0.05) is 10.5 Å². The lowest BCUT2D eigenvalue weighted by Crippen LogP contribution is -1.98. The molecule has 0 amide bonds. The third kappa shape index (κ3) is 4.27. The molecule has 1 rings (SSSR count). The molecule has 0 radical (unpaired) electrons. The Hall–Kier alpha value is 0.180. The van der Waals surface area contributed by atoms with Crippen molar-refractivity contribution in [2.75, 3.05) is 0 Å². The van der Waals surface area contributed by atoms with Crippen molar-refractivity contribution < 1.29 is 0 Å². The topological polar surface area (TPSA) is 0 Å². The van der Waals surface area contributed by atoms with Gasteiger partial charge < -0.3 is 0 Å². The fourth-order valence-electron chi connectivity index (χ4n) is 1.21. The molecule has 0 spiro atoms. The molecule has 0 aromatic carbocycles. The van der Waals surface area contributed by atoms with E-state index >= 15 is 0 Å². The van der Waals surface area contributed by atoms with Crippen LogP contribution in [0.1, 0.15) is 25.7 Å². The van der Waals surface area contributed by atoms with E-state index in [0.717, 1.165) is 25.7 Å². The Morgan fingerprint density at radius 1 is 0.667 bits per heavy atom. The highest BCUT2D eigenvalue weighted by molar-refractivity contribution is 7.81. The van der Waals surface area contributed by atoms with E-state index in [9.17, 15) is 0 Å². The van der Waals surface area contributed by atoms with Crippen LogP contribution in [-0.4, -0.2) is 10.5 Å². The zero-order chi connectivity index (χ0) is 8.81. The van der Waals surface area contributed by atoms with Gasteiger partial charge in [0.25, 0.3) is 0 Å². The lowest BCUT2D eigenvalue weighted by atomic mass is 10.1. The summed E-state index contributed by atoms with van der Waals surface area (Å²) in [5, 5.41) is 0.989. The average molecular weight is 200 g/mol. The van der Waals surface area contributed by atoms with E-state index in [0.29, 0.717) is 10.5 Å². The smallest absolute Gasteiger partial charge is 0.00857 e. The molecule has 0 saturated heterocycles. The molecule has 0 nitrogen and oxygen atoms in total. The van der Waals surface area contributed by atoms with Crippen molar-refractivity contribution in [3.8, 4) is 0 Å². The third-order valence-corrected chi connectivity index (χ3v) is 2.81. The quantitative estimate of drug-likeness (QED) is 0.435. The summed E-state index contributed by atoms with van der Waals surface area (Å²) in [7, 11) is 0. The van der Waals surface area contributed by atoms with Crippen molar-refractivity contribution in [3.05, 3.63) is 24.3 Å². The molecule has 0 aromatic rings. The monoisotopic (exact) mass is 200 g/mol. The minimum Gasteiger partial charge on any atom is -0.175 e. The lowest BCUT2D eigenvalue weighted by Gasteiger charge is -2.08. The molecule has 1 aliphatic carbocycles. The summed E-state index contributed by atoms with van der Waals surface area (Å²) < 4.78 is 0. The second-order valence-electron chi connectivity index (χ2n) is 3.19. The van der Waals surface area contributed by atoms with Crippen LogP contribution in [0.15, 0.2) is 24.3 Å². The Morgan fingerprint density at radius 2 is 0.917 bits per heavy atom. The standard InChI is InChI=1S/C10H16S2/c11-9-5-1-2-6-10(12)8-4-3-7-9/h1-4,9-12H,5-8H2. The average Bonchev–Trinajstić information content (AvgIpc) is 2.06. The van der Waals surface area contributed by atoms with Crippen molar-refractivity contribution in [3.63, 3.8) is 0 Å². The summed E-state index contributed by atoms with van der Waals surface area (Å²) >= 11 is 8.92. The second kappa shape index (κ2) is 5.76. The number of hydrogen-bond acceptors (Lipinski definition) is 2. The van der Waals surface area contributed by atoms with Crippen molar-refractivity contribution in [2.24, 2.45) is 0 Å². The first-order chi connectivity index (χ1) is 5.79. The molecule has 2 heteroatoms. The summed E-state index contributed by atoms with van der Waals surface area (Å²) in [6.45, 7) is 0. The molecule has 68 valence electrons. The van der Waals surface area contributed by atoms with Gasteiger partial charge in [-0.3, -0.25) is 0 Å². The van der Waals surface area contributed by atoms with Crippen molar-refractivity contribution in [1.29, 1.82) is 0 Å². The van der Waals surface area contributed by atoms with Crippen LogP contribution in [-0.2, 0) is 0 Å². The van der Waals surface area contributed by atoms with Crippen LogP contribution in [0.25, 0.3) is 0 Å². The van der Waals surface area contributed by atoms with Crippen LogP contribution in [0.5, 0.6) is 0 Å². The molecule has 0 fully saturated rings. The van der Waals surface area contributed by atoms with Crippen molar-refractivity contribution in [1.82, 2.24) is 0 Å². The molecule has 0 N–H and O–H groups in total. The fraction of sp³-hybridized carbons (Fsp3) is 0.600. The Balaban J connectivity index is 2.43. The normalized spacial score (nSPS) is 31.8. The van der Waals surface area contributed by atoms with E-state index in [4.69, 9.17) is 0 Å². The molecule has 1 aliphatic rings. The van der Waals surface area contributed by atoms with Crippen LogP contribution >= 0.6 is 25.3 Å². The summed E-state index contributed by atoms with van der Waals surface area (Å²) in [5.74, 6) is 0. The molecule has 0 unspecified atom stereocenters. The number of rotatable bonds is 0. The maximum Gasteiger partial charge on any atom is 0.00857 e. The Labute approximate surface area is 85.9 Å². The van der Waals surface area contributed by atoms with Crippen LogP contribution < -0.4 is 0 Å². The first-order valence-corrected chi connectivity index (χ1v) is 5.48. The van der Waals surface area contributed by atoms with E-state index in [1.54, 1.807) is 0 Å². The molecular formula is C10H16S2. The van der Waals surface area contributed by atoms with E-state index in [-0.39, 0.29) is 0 Å². The SMILES string of the molecule is SC1CC=CCC(S)CC=CC1. The first kappa shape index (κ1) is 10.3. The fourth-order valence-corrected chi connectivity index (χ4v) is 1.69. The number of hydrogen-bond donors (Lipinski definition) is 2. The predicted octanol–water partition coefficient (Wildman–Crippen LogP) is 3.27. The maximum atomic E-state index is 4.46. The summed E-state index contributed by atoms with van der Waals surface area (Å²) in [4.78, 5) is 0. The molecule has 12 heavy (non-hydrogen) atoms. The van der Waals surface area contributed by atoms with Crippen LogP contribution in [0.3, 0.4) is 0 Å². The summed E-state index contributed by atoms with van der Waals surface area (Å²) in [6, 6.07) is 0. The maximum absolute atomic E-state index is 4.46. The zero-order valence-corrected chi connectivity index (χ0v) is 8.98. The van der Waals surface area contributed by atoms with Gasteiger partial charge in [-0.15, -0.1) is 0 Å². The second-order valence-corrected chi connectivity index (χ2v) is 4.65. The largest absolute Gasteiger partial charge is 0.175 e. The van der Waals surface area contributed by atoms with Gasteiger partial charge in [0.05, 0.1) is 0 Å². The Bertz CT molecular complexity index is 137. The number of allylic oxidation sites excluding steroid dienone is 4. The Morgan fingerprint density at radius 3 is 1.17 bits per heavy atom. The molecule has 0 atom stereocenters. The van der Waals surface area contributed by atoms with Gasteiger partial charge in [0.15, 0.2) is 0 Å². The minimum atomic E-state index is 0.494. The molecule has 0 heterocycles. The van der Waals surface area contributed by atoms with Crippen LogP contribution in [0, 0.1) is 0 Å². The van der Waals surface area contributed by atoms with Gasteiger partial charge in [-0.05, 0) is 25.7 Å². The van der Waals surface area contributed by atoms with Crippen LogP contribution in [0.2, 0.25) is 0 Å². The first-order valence-electron chi connectivity index (χ1n) is 4.45. The summed E-state index contributed by atoms with van der Waals surface area (Å²) in [6.07, 6.45) is 13.2. The van der Waals surface area contributed by atoms with Crippen molar-refractivity contribution in [2.45, 2.75) is 36.2 Å². The van der Waals surface area contributed by atoms with Crippen molar-refractivity contribution >= 4 is 25.3 Å². The van der Waals surface area contributed by atoms with Gasteiger partial charge in [-0.25, -0.2) is 0 Å². The Kier molecular flexibility index (Phi) is 4.93. The highest BCUT2D eigenvalue weighted by Gasteiger charge is 2.01. The van der Waals surface area contributed by atoms with E-state index in [2.05, 4.69) is 49.6 Å². The van der Waals surface area contributed by atoms with Gasteiger partial charge in [0.2, 0.25) is 0 Å². The van der Waals surface area contributed by atoms with Gasteiger partial charge in [-0.1, -0.05) is 24.3 Å². The molecule has 0 saturated carbocycles. The predicted molar refractivity (Wildman–Crippen MR) is 62.3 cm³/mol. The van der Waals surface area contributed by atoms with E-state index < -0.39 is 0 Å². The lowest BCUT2D eigenvalue weighted by molar-refractivity contribution is 0.844.